The second kappa shape index (κ2) is 6.54. The van der Waals surface area contributed by atoms with Crippen LogP contribution in [-0.2, 0) is 16.6 Å². The molecule has 3 rings (SSSR count). The van der Waals surface area contributed by atoms with Crippen molar-refractivity contribution in [2.45, 2.75) is 11.4 Å². The molecule has 2 aromatic carbocycles. The van der Waals surface area contributed by atoms with E-state index >= 15 is 0 Å². The number of rotatable bonds is 5. The molecule has 1 N–H and O–H groups in total. The Morgan fingerprint density at radius 2 is 1.84 bits per heavy atom. The number of benzene rings is 2. The van der Waals surface area contributed by atoms with Crippen LogP contribution in [-0.4, -0.2) is 18.3 Å². The van der Waals surface area contributed by atoms with Crippen molar-refractivity contribution in [1.82, 2.24) is 9.71 Å². The molecule has 3 aromatic rings. The van der Waals surface area contributed by atoms with Crippen molar-refractivity contribution in [3.8, 4) is 0 Å². The van der Waals surface area contributed by atoms with E-state index in [1.807, 2.05) is 0 Å². The Hall–Kier alpha value is -2.91. The van der Waals surface area contributed by atoms with Crippen molar-refractivity contribution >= 4 is 26.6 Å². The Morgan fingerprint density at radius 1 is 1.12 bits per heavy atom. The normalized spacial score (nSPS) is 11.6. The highest BCUT2D eigenvalue weighted by Gasteiger charge is 2.18. The van der Waals surface area contributed by atoms with Gasteiger partial charge in [-0.25, -0.2) is 17.5 Å². The number of non-ortho nitro benzene ring substituents is 1. The number of hydrogen-bond acceptors (Lipinski definition) is 5. The van der Waals surface area contributed by atoms with Crippen molar-refractivity contribution in [3.63, 3.8) is 0 Å². The molecule has 9 heteroatoms. The maximum Gasteiger partial charge on any atom is 0.278 e. The van der Waals surface area contributed by atoms with Gasteiger partial charge in [-0.2, -0.15) is 0 Å². The summed E-state index contributed by atoms with van der Waals surface area (Å²) in [6, 6.07) is 10.3. The van der Waals surface area contributed by atoms with Crippen LogP contribution in [0.1, 0.15) is 5.56 Å². The van der Waals surface area contributed by atoms with E-state index in [9.17, 15) is 22.9 Å². The van der Waals surface area contributed by atoms with Gasteiger partial charge in [0.05, 0.1) is 20.7 Å². The smallest absolute Gasteiger partial charge is 0.258 e. The third-order valence-electron chi connectivity index (χ3n) is 3.60. The summed E-state index contributed by atoms with van der Waals surface area (Å²) < 4.78 is 39.8. The molecule has 0 aliphatic heterocycles. The highest BCUT2D eigenvalue weighted by molar-refractivity contribution is 7.89. The molecule has 7 nitrogen and oxygen atoms in total. The first-order valence-corrected chi connectivity index (χ1v) is 8.63. The second-order valence-electron chi connectivity index (χ2n) is 5.18. The van der Waals surface area contributed by atoms with E-state index in [2.05, 4.69) is 9.71 Å². The van der Waals surface area contributed by atoms with Crippen LogP contribution in [0.15, 0.2) is 59.6 Å². The maximum absolute atomic E-state index is 12.9. The molecule has 0 saturated heterocycles. The lowest BCUT2D eigenvalue weighted by molar-refractivity contribution is -0.383. The minimum absolute atomic E-state index is 0.0759. The van der Waals surface area contributed by atoms with Crippen LogP contribution in [0.25, 0.3) is 10.9 Å². The number of hydrogen-bond donors (Lipinski definition) is 1. The third kappa shape index (κ3) is 3.47. The van der Waals surface area contributed by atoms with Gasteiger partial charge in [0, 0.05) is 18.8 Å². The van der Waals surface area contributed by atoms with Crippen molar-refractivity contribution < 1.29 is 17.7 Å². The highest BCUT2D eigenvalue weighted by atomic mass is 32.2. The first-order valence-electron chi connectivity index (χ1n) is 7.15. The van der Waals surface area contributed by atoms with Crippen molar-refractivity contribution in [2.75, 3.05) is 0 Å². The molecule has 128 valence electrons. The van der Waals surface area contributed by atoms with Crippen LogP contribution in [0.2, 0.25) is 0 Å². The average Bonchev–Trinajstić information content (AvgIpc) is 2.59. The van der Waals surface area contributed by atoms with Crippen LogP contribution in [0, 0.1) is 15.9 Å². The SMILES string of the molecule is O=[N+]([O-])c1ccc(CNS(=O)(=O)c2ccc(F)cc2)c2ncccc12. The van der Waals surface area contributed by atoms with E-state index in [1.54, 1.807) is 12.1 Å². The monoisotopic (exact) mass is 361 g/mol. The molecule has 0 unspecified atom stereocenters. The number of aromatic nitrogens is 1. The van der Waals surface area contributed by atoms with Gasteiger partial charge in [0.25, 0.3) is 5.69 Å². The third-order valence-corrected chi connectivity index (χ3v) is 5.02. The molecule has 25 heavy (non-hydrogen) atoms. The first kappa shape index (κ1) is 16.9. The molecular formula is C16H12FN3O4S. The minimum atomic E-state index is -3.85. The van der Waals surface area contributed by atoms with Gasteiger partial charge in [-0.05, 0) is 48.0 Å². The molecule has 0 fully saturated rings. The van der Waals surface area contributed by atoms with Crippen molar-refractivity contribution in [1.29, 1.82) is 0 Å². The second-order valence-corrected chi connectivity index (χ2v) is 6.95. The van der Waals surface area contributed by atoms with E-state index in [-0.39, 0.29) is 17.1 Å². The molecule has 0 atom stereocenters. The predicted molar refractivity (Wildman–Crippen MR) is 88.8 cm³/mol. The van der Waals surface area contributed by atoms with Crippen LogP contribution >= 0.6 is 0 Å². The largest absolute Gasteiger partial charge is 0.278 e. The number of nitro benzene ring substituents is 1. The van der Waals surface area contributed by atoms with Crippen LogP contribution in [0.5, 0.6) is 0 Å². The van der Waals surface area contributed by atoms with E-state index in [4.69, 9.17) is 0 Å². The van der Waals surface area contributed by atoms with Gasteiger partial charge in [-0.3, -0.25) is 15.1 Å². The Kier molecular flexibility index (Phi) is 4.43. The van der Waals surface area contributed by atoms with Crippen molar-refractivity contribution in [3.05, 3.63) is 76.2 Å². The number of nitro groups is 1. The molecule has 0 radical (unpaired) electrons. The van der Waals surface area contributed by atoms with Gasteiger partial charge < -0.3 is 0 Å². The Balaban J connectivity index is 1.92. The number of nitrogens with one attached hydrogen (secondary N) is 1. The molecule has 0 spiro atoms. The zero-order chi connectivity index (χ0) is 18.0. The van der Waals surface area contributed by atoms with E-state index in [0.717, 1.165) is 24.3 Å². The summed E-state index contributed by atoms with van der Waals surface area (Å²) in [5, 5.41) is 11.4. The summed E-state index contributed by atoms with van der Waals surface area (Å²) in [7, 11) is -3.85. The summed E-state index contributed by atoms with van der Waals surface area (Å²) in [5.41, 5.74) is 0.735. The molecule has 1 aromatic heterocycles. The molecule has 0 saturated carbocycles. The molecular weight excluding hydrogens is 349 g/mol. The Bertz CT molecular complexity index is 1050. The van der Waals surface area contributed by atoms with Gasteiger partial charge in [-0.1, -0.05) is 0 Å². The zero-order valence-corrected chi connectivity index (χ0v) is 13.5. The molecule has 0 bridgehead atoms. The Labute approximate surface area is 142 Å². The van der Waals surface area contributed by atoms with Crippen LogP contribution in [0.4, 0.5) is 10.1 Å². The van der Waals surface area contributed by atoms with Gasteiger partial charge >= 0.3 is 0 Å². The van der Waals surface area contributed by atoms with Crippen molar-refractivity contribution in [2.24, 2.45) is 0 Å². The minimum Gasteiger partial charge on any atom is -0.258 e. The summed E-state index contributed by atoms with van der Waals surface area (Å²) in [5.74, 6) is -0.537. The fourth-order valence-electron chi connectivity index (χ4n) is 2.39. The number of pyridine rings is 1. The van der Waals surface area contributed by atoms with Gasteiger partial charge in [-0.15, -0.1) is 0 Å². The molecule has 0 aliphatic carbocycles. The lowest BCUT2D eigenvalue weighted by Gasteiger charge is -2.09. The average molecular weight is 361 g/mol. The lowest BCUT2D eigenvalue weighted by atomic mass is 10.1. The number of sulfonamides is 1. The summed E-state index contributed by atoms with van der Waals surface area (Å²) in [6.07, 6.45) is 1.48. The van der Waals surface area contributed by atoms with Gasteiger partial charge in [0.15, 0.2) is 0 Å². The quantitative estimate of drug-likeness (QED) is 0.556. The van der Waals surface area contributed by atoms with Crippen LogP contribution in [0.3, 0.4) is 0 Å². The Morgan fingerprint density at radius 3 is 2.52 bits per heavy atom. The first-order chi connectivity index (χ1) is 11.9. The van der Waals surface area contributed by atoms with Gasteiger partial charge in [0.2, 0.25) is 10.0 Å². The van der Waals surface area contributed by atoms with Gasteiger partial charge in [0.1, 0.15) is 5.82 Å². The van der Waals surface area contributed by atoms with E-state index < -0.39 is 20.8 Å². The molecule has 0 aliphatic rings. The van der Waals surface area contributed by atoms with E-state index in [1.165, 1.54) is 18.3 Å². The number of fused-ring (bicyclic) bond motifs is 1. The molecule has 0 amide bonds. The highest BCUT2D eigenvalue weighted by Crippen LogP contribution is 2.26. The topological polar surface area (TPSA) is 102 Å². The fourth-order valence-corrected chi connectivity index (χ4v) is 3.39. The summed E-state index contributed by atoms with van der Waals surface area (Å²) in [4.78, 5) is 14.6. The number of nitrogens with zero attached hydrogens (tertiary/aromatic N) is 2. The zero-order valence-electron chi connectivity index (χ0n) is 12.7. The summed E-state index contributed by atoms with van der Waals surface area (Å²) in [6.45, 7) is -0.106. The molecule has 1 heterocycles. The predicted octanol–water partition coefficient (Wildman–Crippen LogP) is 2.76. The number of halogens is 1. The fraction of sp³-hybridized carbons (Fsp3) is 0.0625. The lowest BCUT2D eigenvalue weighted by Crippen LogP contribution is -2.23. The standard InChI is InChI=1S/C16H12FN3O4S/c17-12-4-6-13(7-5-12)25(23,24)19-10-11-3-8-15(20(21)22)14-2-1-9-18-16(11)14/h1-9,19H,10H2. The summed E-state index contributed by atoms with van der Waals surface area (Å²) >= 11 is 0. The maximum atomic E-state index is 12.9. The van der Waals surface area contributed by atoms with Crippen LogP contribution < -0.4 is 4.72 Å². The van der Waals surface area contributed by atoms with E-state index in [0.29, 0.717) is 16.5 Å².